The maximum atomic E-state index is 12.4. The second-order valence-electron chi connectivity index (χ2n) is 8.55. The lowest BCUT2D eigenvalue weighted by atomic mass is 9.91. The molecule has 6 nitrogen and oxygen atoms in total. The third-order valence-electron chi connectivity index (χ3n) is 5.79. The standard InChI is InChI=1S/C24H28F3N5O/c1-32(2)22-20-8-3-4-9-21(20)30-23(31-22)29-18-12-10-17(11-13-18)28-15-16-6-5-7-19(14-16)33-24(25,26)27/h3-9,14,17-18,28H,10-13,15H2,1-2H3,(H,29,30,31). The van der Waals surface area contributed by atoms with Crippen LogP contribution in [0.2, 0.25) is 0 Å². The van der Waals surface area contributed by atoms with E-state index in [0.717, 1.165) is 48.0 Å². The Labute approximate surface area is 191 Å². The molecule has 1 aliphatic carbocycles. The van der Waals surface area contributed by atoms with Gasteiger partial charge in [0.05, 0.1) is 5.52 Å². The van der Waals surface area contributed by atoms with Crippen LogP contribution >= 0.6 is 0 Å². The van der Waals surface area contributed by atoms with Crippen LogP contribution in [-0.2, 0) is 6.54 Å². The number of alkyl halides is 3. The number of halogens is 3. The number of ether oxygens (including phenoxy) is 1. The minimum atomic E-state index is -4.68. The zero-order valence-electron chi connectivity index (χ0n) is 18.7. The second-order valence-corrected chi connectivity index (χ2v) is 8.55. The lowest BCUT2D eigenvalue weighted by molar-refractivity contribution is -0.274. The fraction of sp³-hybridized carbons (Fsp3) is 0.417. The Bertz CT molecular complexity index is 1080. The molecule has 2 N–H and O–H groups in total. The highest BCUT2D eigenvalue weighted by molar-refractivity contribution is 5.90. The molecule has 0 amide bonds. The molecule has 4 rings (SSSR count). The van der Waals surface area contributed by atoms with E-state index >= 15 is 0 Å². The van der Waals surface area contributed by atoms with Crippen molar-refractivity contribution in [1.29, 1.82) is 0 Å². The number of hydrogen-bond donors (Lipinski definition) is 2. The van der Waals surface area contributed by atoms with Crippen LogP contribution < -0.4 is 20.3 Å². The number of nitrogens with zero attached hydrogens (tertiary/aromatic N) is 3. The molecule has 0 aliphatic heterocycles. The van der Waals surface area contributed by atoms with Gasteiger partial charge in [-0.05, 0) is 55.5 Å². The van der Waals surface area contributed by atoms with E-state index in [2.05, 4.69) is 20.4 Å². The molecule has 1 heterocycles. The van der Waals surface area contributed by atoms with E-state index in [0.29, 0.717) is 18.5 Å². The summed E-state index contributed by atoms with van der Waals surface area (Å²) in [6.45, 7) is 0.498. The van der Waals surface area contributed by atoms with Gasteiger partial charge in [-0.2, -0.15) is 4.98 Å². The fourth-order valence-electron chi connectivity index (χ4n) is 4.20. The van der Waals surface area contributed by atoms with Crippen LogP contribution in [0.25, 0.3) is 10.9 Å². The summed E-state index contributed by atoms with van der Waals surface area (Å²) in [5.74, 6) is 1.33. The predicted octanol–water partition coefficient (Wildman–Crippen LogP) is 5.11. The van der Waals surface area contributed by atoms with Crippen molar-refractivity contribution in [2.24, 2.45) is 0 Å². The van der Waals surface area contributed by atoms with Crippen molar-refractivity contribution in [2.45, 2.75) is 50.7 Å². The summed E-state index contributed by atoms with van der Waals surface area (Å²) in [5.41, 5.74) is 1.67. The molecule has 33 heavy (non-hydrogen) atoms. The number of anilines is 2. The van der Waals surface area contributed by atoms with Crippen molar-refractivity contribution in [1.82, 2.24) is 15.3 Å². The third-order valence-corrected chi connectivity index (χ3v) is 5.79. The molecular formula is C24H28F3N5O. The first-order valence-corrected chi connectivity index (χ1v) is 11.1. The SMILES string of the molecule is CN(C)c1nc(NC2CCC(NCc3cccc(OC(F)(F)F)c3)CC2)nc2ccccc12. The molecule has 0 bridgehead atoms. The predicted molar refractivity (Wildman–Crippen MR) is 123 cm³/mol. The summed E-state index contributed by atoms with van der Waals surface area (Å²) in [5, 5.41) is 7.97. The highest BCUT2D eigenvalue weighted by atomic mass is 19.4. The zero-order valence-corrected chi connectivity index (χ0v) is 18.7. The maximum Gasteiger partial charge on any atom is 0.573 e. The van der Waals surface area contributed by atoms with Crippen LogP contribution in [0, 0.1) is 0 Å². The largest absolute Gasteiger partial charge is 0.573 e. The van der Waals surface area contributed by atoms with Gasteiger partial charge in [-0.15, -0.1) is 13.2 Å². The van der Waals surface area contributed by atoms with Gasteiger partial charge in [-0.25, -0.2) is 4.98 Å². The van der Waals surface area contributed by atoms with Crippen LogP contribution in [0.3, 0.4) is 0 Å². The minimum Gasteiger partial charge on any atom is -0.406 e. The van der Waals surface area contributed by atoms with Crippen molar-refractivity contribution < 1.29 is 17.9 Å². The summed E-state index contributed by atoms with van der Waals surface area (Å²) in [6, 6.07) is 14.7. The molecule has 3 aromatic rings. The van der Waals surface area contributed by atoms with E-state index in [1.807, 2.05) is 43.3 Å². The van der Waals surface area contributed by atoms with E-state index < -0.39 is 6.36 Å². The first kappa shape index (κ1) is 23.1. The molecule has 1 saturated carbocycles. The Kier molecular flexibility index (Phi) is 6.88. The van der Waals surface area contributed by atoms with Gasteiger partial charge in [0, 0.05) is 38.1 Å². The van der Waals surface area contributed by atoms with Gasteiger partial charge in [-0.1, -0.05) is 24.3 Å². The molecule has 0 spiro atoms. The normalized spacial score (nSPS) is 18.8. The van der Waals surface area contributed by atoms with Gasteiger partial charge in [0.25, 0.3) is 0 Å². The van der Waals surface area contributed by atoms with E-state index in [4.69, 9.17) is 4.98 Å². The van der Waals surface area contributed by atoms with Crippen molar-refractivity contribution in [3.63, 3.8) is 0 Å². The quantitative estimate of drug-likeness (QED) is 0.512. The second kappa shape index (κ2) is 9.82. The van der Waals surface area contributed by atoms with E-state index in [9.17, 15) is 13.2 Å². The molecule has 176 valence electrons. The summed E-state index contributed by atoms with van der Waals surface area (Å²) in [4.78, 5) is 11.4. The minimum absolute atomic E-state index is 0.192. The number of benzene rings is 2. The Hall–Kier alpha value is -3.07. The zero-order chi connectivity index (χ0) is 23.4. The molecule has 0 unspecified atom stereocenters. The summed E-state index contributed by atoms with van der Waals surface area (Å²) >= 11 is 0. The lowest BCUT2D eigenvalue weighted by Crippen LogP contribution is -2.37. The molecule has 0 saturated heterocycles. The van der Waals surface area contributed by atoms with Gasteiger partial charge in [0.2, 0.25) is 5.95 Å². The molecule has 1 aliphatic rings. The summed E-state index contributed by atoms with van der Waals surface area (Å²) in [7, 11) is 3.95. The lowest BCUT2D eigenvalue weighted by Gasteiger charge is -2.30. The van der Waals surface area contributed by atoms with Crippen LogP contribution in [-0.4, -0.2) is 42.5 Å². The molecule has 0 atom stereocenters. The Morgan fingerprint density at radius 3 is 2.42 bits per heavy atom. The van der Waals surface area contributed by atoms with Crippen LogP contribution in [0.4, 0.5) is 24.9 Å². The average Bonchev–Trinajstić information content (AvgIpc) is 2.77. The van der Waals surface area contributed by atoms with Crippen molar-refractivity contribution in [3.8, 4) is 5.75 Å². The number of aromatic nitrogens is 2. The smallest absolute Gasteiger partial charge is 0.406 e. The number of para-hydroxylation sites is 1. The van der Waals surface area contributed by atoms with Gasteiger partial charge >= 0.3 is 6.36 Å². The number of rotatable bonds is 7. The molecule has 2 aromatic carbocycles. The highest BCUT2D eigenvalue weighted by Gasteiger charge is 2.31. The molecule has 0 radical (unpaired) electrons. The monoisotopic (exact) mass is 459 g/mol. The van der Waals surface area contributed by atoms with Crippen molar-refractivity contribution in [3.05, 3.63) is 54.1 Å². The van der Waals surface area contributed by atoms with Crippen LogP contribution in [0.5, 0.6) is 5.75 Å². The van der Waals surface area contributed by atoms with Crippen LogP contribution in [0.1, 0.15) is 31.2 Å². The first-order chi connectivity index (χ1) is 15.8. The van der Waals surface area contributed by atoms with Gasteiger partial charge < -0.3 is 20.3 Å². The van der Waals surface area contributed by atoms with Gasteiger partial charge in [0.1, 0.15) is 11.6 Å². The fourth-order valence-corrected chi connectivity index (χ4v) is 4.20. The van der Waals surface area contributed by atoms with Crippen LogP contribution in [0.15, 0.2) is 48.5 Å². The number of hydrogen-bond acceptors (Lipinski definition) is 6. The Morgan fingerprint density at radius 2 is 1.70 bits per heavy atom. The number of nitrogens with one attached hydrogen (secondary N) is 2. The molecule has 1 aromatic heterocycles. The summed E-state index contributed by atoms with van der Waals surface area (Å²) < 4.78 is 41.3. The highest BCUT2D eigenvalue weighted by Crippen LogP contribution is 2.27. The third kappa shape index (κ3) is 6.25. The Balaban J connectivity index is 1.31. The van der Waals surface area contributed by atoms with Crippen molar-refractivity contribution >= 4 is 22.7 Å². The number of fused-ring (bicyclic) bond motifs is 1. The maximum absolute atomic E-state index is 12.4. The first-order valence-electron chi connectivity index (χ1n) is 11.1. The molecule has 9 heteroatoms. The summed E-state index contributed by atoms with van der Waals surface area (Å²) in [6.07, 6.45) is -0.834. The average molecular weight is 460 g/mol. The molecular weight excluding hydrogens is 431 g/mol. The topological polar surface area (TPSA) is 62.3 Å². The van der Waals surface area contributed by atoms with E-state index in [-0.39, 0.29) is 11.8 Å². The molecule has 1 fully saturated rings. The van der Waals surface area contributed by atoms with Gasteiger partial charge in [-0.3, -0.25) is 0 Å². The Morgan fingerprint density at radius 1 is 0.970 bits per heavy atom. The van der Waals surface area contributed by atoms with Gasteiger partial charge in [0.15, 0.2) is 0 Å². The van der Waals surface area contributed by atoms with E-state index in [1.54, 1.807) is 12.1 Å². The van der Waals surface area contributed by atoms with Crippen molar-refractivity contribution in [2.75, 3.05) is 24.3 Å². The van der Waals surface area contributed by atoms with E-state index in [1.165, 1.54) is 12.1 Å².